The monoisotopic (exact) mass is 467 g/mol. The van der Waals surface area contributed by atoms with Crippen molar-refractivity contribution in [1.82, 2.24) is 10.3 Å². The van der Waals surface area contributed by atoms with E-state index in [-0.39, 0.29) is 11.6 Å². The normalized spacial score (nSPS) is 11.0. The van der Waals surface area contributed by atoms with Gasteiger partial charge in [-0.15, -0.1) is 0 Å². The topological polar surface area (TPSA) is 72.9 Å². The van der Waals surface area contributed by atoms with Gasteiger partial charge < -0.3 is 24.4 Å². The third kappa shape index (κ3) is 7.10. The molecule has 0 saturated carbocycles. The van der Waals surface area contributed by atoms with Gasteiger partial charge in [-0.25, -0.2) is 14.2 Å². The van der Waals surface area contributed by atoms with Gasteiger partial charge in [-0.05, 0) is 56.2 Å². The number of aromatic nitrogens is 1. The first-order valence-corrected chi connectivity index (χ1v) is 10.8. The van der Waals surface area contributed by atoms with E-state index in [1.165, 1.54) is 12.3 Å². The highest BCUT2D eigenvalue weighted by Crippen LogP contribution is 2.26. The van der Waals surface area contributed by atoms with Crippen molar-refractivity contribution in [1.29, 1.82) is 0 Å². The predicted molar refractivity (Wildman–Crippen MR) is 129 cm³/mol. The van der Waals surface area contributed by atoms with Crippen molar-refractivity contribution in [3.8, 4) is 17.2 Å². The first-order chi connectivity index (χ1) is 16.2. The molecule has 1 N–H and O–H groups in total. The molecule has 8 heteroatoms. The van der Waals surface area contributed by atoms with Crippen LogP contribution in [0.3, 0.4) is 0 Å². The van der Waals surface area contributed by atoms with E-state index in [1.54, 1.807) is 14.2 Å². The average Bonchev–Trinajstić information content (AvgIpc) is 2.78. The van der Waals surface area contributed by atoms with Crippen LogP contribution in [0.4, 0.5) is 15.0 Å². The summed E-state index contributed by atoms with van der Waals surface area (Å²) in [5.41, 5.74) is 1.44. The number of carbonyl (C=O) groups is 1. The molecule has 0 aliphatic heterocycles. The number of nitrogens with one attached hydrogen (secondary N) is 1. The Balaban J connectivity index is 1.85. The quantitative estimate of drug-likeness (QED) is 0.483. The Kier molecular flexibility index (Phi) is 7.94. The SMILES string of the molecule is COc1ccc(CN(Cc2ccc(OC)cc2)c2ncc(OC(=O)NC(C)(C)C)cc2F)cc1. The smallest absolute Gasteiger partial charge is 0.413 e. The summed E-state index contributed by atoms with van der Waals surface area (Å²) in [4.78, 5) is 18.1. The van der Waals surface area contributed by atoms with Crippen molar-refractivity contribution < 1.29 is 23.4 Å². The van der Waals surface area contributed by atoms with Crippen LogP contribution in [0.2, 0.25) is 0 Å². The zero-order valence-corrected chi connectivity index (χ0v) is 20.1. The van der Waals surface area contributed by atoms with Crippen LogP contribution in [0.25, 0.3) is 0 Å². The molecular formula is C26H30FN3O4. The van der Waals surface area contributed by atoms with Crippen LogP contribution in [0.15, 0.2) is 60.8 Å². The molecule has 0 aliphatic carbocycles. The summed E-state index contributed by atoms with van der Waals surface area (Å²) in [5, 5.41) is 2.67. The van der Waals surface area contributed by atoms with Gasteiger partial charge in [0.2, 0.25) is 0 Å². The van der Waals surface area contributed by atoms with Crippen molar-refractivity contribution in [3.05, 3.63) is 77.7 Å². The third-order valence-corrected chi connectivity index (χ3v) is 4.85. The second kappa shape index (κ2) is 10.9. The van der Waals surface area contributed by atoms with E-state index in [0.717, 1.165) is 22.6 Å². The van der Waals surface area contributed by atoms with E-state index in [0.29, 0.717) is 13.1 Å². The Morgan fingerprint density at radius 2 is 1.41 bits per heavy atom. The minimum absolute atomic E-state index is 0.0249. The molecule has 0 saturated heterocycles. The van der Waals surface area contributed by atoms with Gasteiger partial charge in [-0.1, -0.05) is 24.3 Å². The maximum absolute atomic E-state index is 15.2. The lowest BCUT2D eigenvalue weighted by Crippen LogP contribution is -2.42. The van der Waals surface area contributed by atoms with E-state index >= 15 is 4.39 Å². The molecule has 0 unspecified atom stereocenters. The predicted octanol–water partition coefficient (Wildman–Crippen LogP) is 5.33. The fourth-order valence-corrected chi connectivity index (χ4v) is 3.25. The Morgan fingerprint density at radius 3 is 1.82 bits per heavy atom. The van der Waals surface area contributed by atoms with Gasteiger partial charge in [0.05, 0.1) is 20.4 Å². The molecule has 180 valence electrons. The van der Waals surface area contributed by atoms with Crippen molar-refractivity contribution >= 4 is 11.9 Å². The number of carbonyl (C=O) groups excluding carboxylic acids is 1. The zero-order valence-electron chi connectivity index (χ0n) is 20.1. The summed E-state index contributed by atoms with van der Waals surface area (Å²) in [6.07, 6.45) is 0.671. The van der Waals surface area contributed by atoms with Gasteiger partial charge in [0.25, 0.3) is 0 Å². The molecule has 34 heavy (non-hydrogen) atoms. The van der Waals surface area contributed by atoms with Crippen molar-refractivity contribution in [3.63, 3.8) is 0 Å². The summed E-state index contributed by atoms with van der Waals surface area (Å²) in [5.74, 6) is 1.06. The summed E-state index contributed by atoms with van der Waals surface area (Å²) in [6.45, 7) is 6.29. The minimum atomic E-state index is -0.672. The van der Waals surface area contributed by atoms with E-state index < -0.39 is 17.4 Å². The highest BCUT2D eigenvalue weighted by Gasteiger charge is 2.19. The van der Waals surface area contributed by atoms with Crippen LogP contribution in [-0.4, -0.2) is 30.8 Å². The second-order valence-corrected chi connectivity index (χ2v) is 8.79. The number of hydrogen-bond acceptors (Lipinski definition) is 6. The molecule has 3 aromatic rings. The Labute approximate surface area is 199 Å². The number of amides is 1. The summed E-state index contributed by atoms with van der Waals surface area (Å²) >= 11 is 0. The zero-order chi connectivity index (χ0) is 24.7. The van der Waals surface area contributed by atoms with E-state index in [9.17, 15) is 4.79 Å². The molecule has 1 amide bonds. The van der Waals surface area contributed by atoms with Crippen molar-refractivity contribution in [2.45, 2.75) is 39.4 Å². The molecular weight excluding hydrogens is 437 g/mol. The molecule has 0 bridgehead atoms. The van der Waals surface area contributed by atoms with Gasteiger partial charge in [-0.3, -0.25) is 0 Å². The summed E-state index contributed by atoms with van der Waals surface area (Å²) in [7, 11) is 3.21. The lowest BCUT2D eigenvalue weighted by molar-refractivity contribution is 0.190. The first-order valence-electron chi connectivity index (χ1n) is 10.8. The number of nitrogens with zero attached hydrogens (tertiary/aromatic N) is 2. The summed E-state index contributed by atoms with van der Waals surface area (Å²) < 4.78 is 30.8. The highest BCUT2D eigenvalue weighted by molar-refractivity contribution is 5.71. The largest absolute Gasteiger partial charge is 0.497 e. The Hall–Kier alpha value is -3.81. The maximum Gasteiger partial charge on any atom is 0.413 e. The lowest BCUT2D eigenvalue weighted by Gasteiger charge is -2.25. The van der Waals surface area contributed by atoms with Crippen LogP contribution in [-0.2, 0) is 13.1 Å². The van der Waals surface area contributed by atoms with Gasteiger partial charge in [-0.2, -0.15) is 0 Å². The van der Waals surface area contributed by atoms with Crippen molar-refractivity contribution in [2.24, 2.45) is 0 Å². The molecule has 7 nitrogen and oxygen atoms in total. The molecule has 0 aliphatic rings. The van der Waals surface area contributed by atoms with Crippen molar-refractivity contribution in [2.75, 3.05) is 19.1 Å². The molecule has 3 rings (SSSR count). The molecule has 0 atom stereocenters. The first kappa shape index (κ1) is 24.8. The number of benzene rings is 2. The lowest BCUT2D eigenvalue weighted by atomic mass is 10.1. The molecule has 1 heterocycles. The number of ether oxygens (including phenoxy) is 3. The van der Waals surface area contributed by atoms with Crippen LogP contribution < -0.4 is 24.4 Å². The van der Waals surface area contributed by atoms with Crippen LogP contribution in [0, 0.1) is 5.82 Å². The molecule has 0 fully saturated rings. The maximum atomic E-state index is 15.2. The molecule has 2 aromatic carbocycles. The molecule has 0 radical (unpaired) electrons. The number of halogens is 1. The Morgan fingerprint density at radius 1 is 0.912 bits per heavy atom. The fourth-order valence-electron chi connectivity index (χ4n) is 3.25. The van der Waals surface area contributed by atoms with Gasteiger partial charge in [0.1, 0.15) is 11.5 Å². The number of anilines is 1. The average molecular weight is 468 g/mol. The fraction of sp³-hybridized carbons (Fsp3) is 0.308. The number of pyridine rings is 1. The standard InChI is InChI=1S/C26H30FN3O4/c1-26(2,3)29-25(31)34-22-14-23(27)24(28-15-22)30(16-18-6-10-20(32-4)11-7-18)17-19-8-12-21(33-5)13-9-19/h6-15H,16-17H2,1-5H3,(H,29,31). The summed E-state index contributed by atoms with van der Waals surface area (Å²) in [6, 6.07) is 16.3. The van der Waals surface area contributed by atoms with Gasteiger partial charge >= 0.3 is 6.09 Å². The number of rotatable bonds is 8. The van der Waals surface area contributed by atoms with Crippen LogP contribution in [0.5, 0.6) is 17.2 Å². The van der Waals surface area contributed by atoms with E-state index in [2.05, 4.69) is 10.3 Å². The number of methoxy groups -OCH3 is 2. The molecule has 1 aromatic heterocycles. The number of hydrogen-bond donors (Lipinski definition) is 1. The minimum Gasteiger partial charge on any atom is -0.497 e. The third-order valence-electron chi connectivity index (χ3n) is 4.85. The Bertz CT molecular complexity index is 1050. The highest BCUT2D eigenvalue weighted by atomic mass is 19.1. The van der Waals surface area contributed by atoms with E-state index in [1.807, 2.05) is 74.2 Å². The van der Waals surface area contributed by atoms with E-state index in [4.69, 9.17) is 14.2 Å². The van der Waals surface area contributed by atoms with Gasteiger partial charge in [0, 0.05) is 24.7 Å². The van der Waals surface area contributed by atoms with Gasteiger partial charge in [0.15, 0.2) is 17.4 Å². The second-order valence-electron chi connectivity index (χ2n) is 8.79. The molecule has 0 spiro atoms. The van der Waals surface area contributed by atoms with Crippen LogP contribution >= 0.6 is 0 Å². The van der Waals surface area contributed by atoms with Crippen LogP contribution in [0.1, 0.15) is 31.9 Å².